The topological polar surface area (TPSA) is 98.5 Å². The normalized spacial score (nSPS) is 30.8. The van der Waals surface area contributed by atoms with Gasteiger partial charge in [0.05, 0.1) is 10.3 Å². The average molecular weight is 372 g/mol. The summed E-state index contributed by atoms with van der Waals surface area (Å²) in [5.41, 5.74) is -0.657. The van der Waals surface area contributed by atoms with Crippen molar-refractivity contribution in [3.8, 4) is 5.75 Å². The molecular weight excluding hydrogens is 348 g/mol. The van der Waals surface area contributed by atoms with Crippen molar-refractivity contribution in [2.75, 3.05) is 6.54 Å². The van der Waals surface area contributed by atoms with Gasteiger partial charge in [0.1, 0.15) is 0 Å². The summed E-state index contributed by atoms with van der Waals surface area (Å²) in [7, 11) is 0. The first kappa shape index (κ1) is 17.9. The Morgan fingerprint density at radius 1 is 1.19 bits per heavy atom. The van der Waals surface area contributed by atoms with Gasteiger partial charge >= 0.3 is 11.7 Å². The van der Waals surface area contributed by atoms with E-state index in [1.54, 1.807) is 6.92 Å². The van der Waals surface area contributed by atoms with E-state index in [0.29, 0.717) is 24.3 Å². The molecule has 4 aliphatic rings. The summed E-state index contributed by atoms with van der Waals surface area (Å²) in [5.74, 6) is 0.945. The van der Waals surface area contributed by atoms with E-state index in [4.69, 9.17) is 4.74 Å². The lowest BCUT2D eigenvalue weighted by Gasteiger charge is -2.55. The van der Waals surface area contributed by atoms with E-state index in [-0.39, 0.29) is 28.9 Å². The van der Waals surface area contributed by atoms with Gasteiger partial charge in [-0.1, -0.05) is 0 Å². The van der Waals surface area contributed by atoms with Crippen molar-refractivity contribution < 1.29 is 19.2 Å². The molecule has 1 N–H and O–H groups in total. The summed E-state index contributed by atoms with van der Waals surface area (Å²) < 4.78 is 5.57. The van der Waals surface area contributed by atoms with E-state index in [1.807, 2.05) is 0 Å². The molecule has 4 saturated carbocycles. The van der Waals surface area contributed by atoms with Crippen molar-refractivity contribution in [2.24, 2.45) is 23.2 Å². The largest absolute Gasteiger partial charge is 0.419 e. The number of benzene rings is 1. The van der Waals surface area contributed by atoms with Crippen molar-refractivity contribution in [3.05, 3.63) is 33.9 Å². The molecule has 0 spiro atoms. The summed E-state index contributed by atoms with van der Waals surface area (Å²) in [6.07, 6.45) is 6.11. The Balaban J connectivity index is 1.58. The first-order valence-electron chi connectivity index (χ1n) is 9.69. The third-order valence-corrected chi connectivity index (χ3v) is 6.43. The summed E-state index contributed by atoms with van der Waals surface area (Å²) in [6, 6.07) is 3.99. The highest BCUT2D eigenvalue weighted by atomic mass is 16.6. The average Bonchev–Trinajstić information content (AvgIpc) is 2.60. The van der Waals surface area contributed by atoms with Crippen LogP contribution < -0.4 is 10.1 Å². The second-order valence-corrected chi connectivity index (χ2v) is 8.39. The number of esters is 1. The molecule has 0 heterocycles. The molecule has 0 atom stereocenters. The van der Waals surface area contributed by atoms with Crippen LogP contribution in [-0.2, 0) is 4.79 Å². The van der Waals surface area contributed by atoms with Crippen LogP contribution in [0.15, 0.2) is 18.2 Å². The van der Waals surface area contributed by atoms with E-state index >= 15 is 0 Å². The number of nitrogens with zero attached hydrogens (tertiary/aromatic N) is 1. The molecule has 5 rings (SSSR count). The number of rotatable bonds is 5. The summed E-state index contributed by atoms with van der Waals surface area (Å²) in [4.78, 5) is 35.8. The molecule has 144 valence electrons. The van der Waals surface area contributed by atoms with Crippen LogP contribution in [0.4, 0.5) is 5.69 Å². The number of nitro benzene ring substituents is 1. The molecule has 0 aromatic heterocycles. The number of nitrogens with one attached hydrogen (secondary N) is 1. The van der Waals surface area contributed by atoms with Crippen LogP contribution in [0.5, 0.6) is 5.75 Å². The molecule has 0 radical (unpaired) electrons. The minimum absolute atomic E-state index is 0.0752. The molecular formula is C20H24N2O5. The van der Waals surface area contributed by atoms with E-state index in [9.17, 15) is 19.7 Å². The number of carbonyl (C=O) groups excluding carboxylic acids is 2. The van der Waals surface area contributed by atoms with E-state index in [0.717, 1.165) is 19.3 Å². The summed E-state index contributed by atoms with van der Waals surface area (Å²) in [5, 5.41) is 14.1. The number of amides is 1. The van der Waals surface area contributed by atoms with Gasteiger partial charge in [0.15, 0.2) is 0 Å². The van der Waals surface area contributed by atoms with Gasteiger partial charge in [-0.3, -0.25) is 19.7 Å². The smallest absolute Gasteiger partial charge is 0.317 e. The predicted molar refractivity (Wildman–Crippen MR) is 97.3 cm³/mol. The summed E-state index contributed by atoms with van der Waals surface area (Å²) >= 11 is 0. The maximum absolute atomic E-state index is 13.0. The minimum Gasteiger partial charge on any atom is -0.419 e. The van der Waals surface area contributed by atoms with Crippen molar-refractivity contribution >= 4 is 17.6 Å². The molecule has 7 heteroatoms. The van der Waals surface area contributed by atoms with Gasteiger partial charge in [-0.2, -0.15) is 0 Å². The van der Waals surface area contributed by atoms with Gasteiger partial charge in [-0.25, -0.2) is 0 Å². The molecule has 7 nitrogen and oxygen atoms in total. The zero-order valence-corrected chi connectivity index (χ0v) is 15.4. The van der Waals surface area contributed by atoms with Crippen molar-refractivity contribution in [3.63, 3.8) is 0 Å². The van der Waals surface area contributed by atoms with Crippen molar-refractivity contribution in [1.82, 2.24) is 5.32 Å². The Kier molecular flexibility index (Phi) is 4.40. The van der Waals surface area contributed by atoms with E-state index in [1.165, 1.54) is 37.5 Å². The minimum atomic E-state index is -0.606. The van der Waals surface area contributed by atoms with Gasteiger partial charge in [-0.05, 0) is 75.3 Å². The maximum Gasteiger partial charge on any atom is 0.317 e. The van der Waals surface area contributed by atoms with Crippen molar-refractivity contribution in [1.29, 1.82) is 0 Å². The number of nitro groups is 1. The zero-order chi connectivity index (χ0) is 19.2. The molecule has 1 amide bonds. The standard InChI is InChI=1S/C20H24N2O5/c1-2-21-18(23)15-3-4-17(16(8-15)22(25)26)27-19(24)20-9-12-5-13(10-20)7-14(6-12)11-20/h3-4,8,12-14H,2,5-7,9-11H2,1H3,(H,21,23). The third kappa shape index (κ3) is 3.19. The fourth-order valence-electron chi connectivity index (χ4n) is 5.72. The fraction of sp³-hybridized carbons (Fsp3) is 0.600. The van der Waals surface area contributed by atoms with Crippen molar-refractivity contribution in [2.45, 2.75) is 45.4 Å². The van der Waals surface area contributed by atoms with Crippen LogP contribution in [0.25, 0.3) is 0 Å². The van der Waals surface area contributed by atoms with Gasteiger partial charge in [0.2, 0.25) is 5.75 Å². The molecule has 0 unspecified atom stereocenters. The van der Waals surface area contributed by atoms with E-state index in [2.05, 4.69) is 5.32 Å². The first-order valence-corrected chi connectivity index (χ1v) is 9.69. The lowest BCUT2D eigenvalue weighted by molar-refractivity contribution is -0.385. The fourth-order valence-corrected chi connectivity index (χ4v) is 5.72. The number of hydrogen-bond donors (Lipinski definition) is 1. The van der Waals surface area contributed by atoms with Crippen LogP contribution in [0.2, 0.25) is 0 Å². The molecule has 0 saturated heterocycles. The number of ether oxygens (including phenoxy) is 1. The molecule has 0 aliphatic heterocycles. The predicted octanol–water partition coefficient (Wildman–Crippen LogP) is 3.47. The van der Waals surface area contributed by atoms with Crippen LogP contribution in [0, 0.1) is 33.3 Å². The third-order valence-electron chi connectivity index (χ3n) is 6.43. The van der Waals surface area contributed by atoms with Gasteiger partial charge in [-0.15, -0.1) is 0 Å². The first-order chi connectivity index (χ1) is 12.9. The van der Waals surface area contributed by atoms with Gasteiger partial charge < -0.3 is 10.1 Å². The number of hydrogen-bond acceptors (Lipinski definition) is 5. The van der Waals surface area contributed by atoms with Crippen LogP contribution in [0.1, 0.15) is 55.8 Å². The molecule has 1 aromatic carbocycles. The molecule has 1 aromatic rings. The van der Waals surface area contributed by atoms with Gasteiger partial charge in [0.25, 0.3) is 5.91 Å². The molecule has 27 heavy (non-hydrogen) atoms. The Morgan fingerprint density at radius 3 is 2.30 bits per heavy atom. The quantitative estimate of drug-likeness (QED) is 0.369. The summed E-state index contributed by atoms with van der Waals surface area (Å²) in [6.45, 7) is 2.20. The Bertz CT molecular complexity index is 768. The Hall–Kier alpha value is -2.44. The maximum atomic E-state index is 13.0. The monoisotopic (exact) mass is 372 g/mol. The highest BCUT2D eigenvalue weighted by Crippen LogP contribution is 2.60. The number of carbonyl (C=O) groups is 2. The van der Waals surface area contributed by atoms with Gasteiger partial charge in [0, 0.05) is 18.2 Å². The van der Waals surface area contributed by atoms with Crippen LogP contribution in [-0.4, -0.2) is 23.3 Å². The second-order valence-electron chi connectivity index (χ2n) is 8.39. The lowest BCUT2D eigenvalue weighted by atomic mass is 9.49. The second kappa shape index (κ2) is 6.62. The highest BCUT2D eigenvalue weighted by molar-refractivity contribution is 5.95. The lowest BCUT2D eigenvalue weighted by Crippen LogP contribution is -2.51. The Morgan fingerprint density at radius 2 is 1.78 bits per heavy atom. The van der Waals surface area contributed by atoms with Crippen LogP contribution >= 0.6 is 0 Å². The van der Waals surface area contributed by atoms with E-state index < -0.39 is 10.3 Å². The molecule has 4 aliphatic carbocycles. The Labute approximate surface area is 157 Å². The molecule has 4 fully saturated rings. The molecule has 4 bridgehead atoms. The SMILES string of the molecule is CCNC(=O)c1ccc(OC(=O)C23CC4CC(CC(C4)C2)C3)c([N+](=O)[O-])c1. The van der Waals surface area contributed by atoms with Crippen LogP contribution in [0.3, 0.4) is 0 Å². The zero-order valence-electron chi connectivity index (χ0n) is 15.4. The highest BCUT2D eigenvalue weighted by Gasteiger charge is 2.55.